The molecule has 19 heavy (non-hydrogen) atoms. The van der Waals surface area contributed by atoms with Crippen molar-refractivity contribution in [2.75, 3.05) is 11.9 Å². The molecule has 0 heterocycles. The molecule has 0 aliphatic carbocycles. The minimum Gasteiger partial charge on any atom is -0.505 e. The zero-order valence-corrected chi connectivity index (χ0v) is 11.2. The fourth-order valence-electron chi connectivity index (χ4n) is 1.93. The van der Waals surface area contributed by atoms with Crippen LogP contribution in [-0.4, -0.2) is 17.6 Å². The number of phenolic OH excluding ortho intramolecular Hbond substituents is 1. The van der Waals surface area contributed by atoms with E-state index in [1.54, 1.807) is 0 Å². The first kappa shape index (κ1) is 15.4. The Balaban J connectivity index is 2.44. The second-order valence-corrected chi connectivity index (χ2v) is 4.60. The Morgan fingerprint density at radius 2 is 2.21 bits per heavy atom. The lowest BCUT2D eigenvalue weighted by Gasteiger charge is -2.13. The highest BCUT2D eigenvalue weighted by atomic mass is 19.1. The number of hydrogen-bond donors (Lipinski definition) is 3. The van der Waals surface area contributed by atoms with Crippen molar-refractivity contribution in [1.29, 1.82) is 0 Å². The van der Waals surface area contributed by atoms with E-state index in [1.807, 2.05) is 0 Å². The summed E-state index contributed by atoms with van der Waals surface area (Å²) in [6.07, 6.45) is 3.08. The molecule has 0 aliphatic rings. The van der Waals surface area contributed by atoms with Gasteiger partial charge in [0.25, 0.3) is 0 Å². The predicted molar refractivity (Wildman–Crippen MR) is 73.4 cm³/mol. The summed E-state index contributed by atoms with van der Waals surface area (Å²) in [5.41, 5.74) is 5.85. The number of carbonyl (C=O) groups is 1. The van der Waals surface area contributed by atoms with Gasteiger partial charge in [-0.3, -0.25) is 4.79 Å². The minimum absolute atomic E-state index is 0.152. The van der Waals surface area contributed by atoms with Crippen LogP contribution in [0.5, 0.6) is 5.75 Å². The molecule has 4 N–H and O–H groups in total. The number of aromatic hydroxyl groups is 1. The Morgan fingerprint density at radius 1 is 1.47 bits per heavy atom. The summed E-state index contributed by atoms with van der Waals surface area (Å²) in [5, 5.41) is 11.7. The second-order valence-electron chi connectivity index (χ2n) is 4.60. The lowest BCUT2D eigenvalue weighted by Crippen LogP contribution is -2.15. The maximum atomic E-state index is 13.1. The van der Waals surface area contributed by atoms with Crippen LogP contribution in [0.25, 0.3) is 0 Å². The standard InChI is InChI=1S/C14H21FN2O2/c1-2-10(7-8-16)3-6-14(19)17-11-4-5-13(18)12(15)9-11/h4-5,9-10,18H,2-3,6-8,16H2,1H3,(H,17,19). The van der Waals surface area contributed by atoms with E-state index in [-0.39, 0.29) is 5.91 Å². The average Bonchev–Trinajstić information content (AvgIpc) is 2.39. The SMILES string of the molecule is CCC(CCN)CCC(=O)Nc1ccc(O)c(F)c1. The molecule has 0 saturated carbocycles. The molecule has 1 unspecified atom stereocenters. The smallest absolute Gasteiger partial charge is 0.224 e. The predicted octanol–water partition coefficient (Wildman–Crippen LogP) is 2.63. The molecule has 1 aromatic rings. The molecule has 5 heteroatoms. The van der Waals surface area contributed by atoms with Gasteiger partial charge in [-0.1, -0.05) is 13.3 Å². The molecular formula is C14H21FN2O2. The van der Waals surface area contributed by atoms with Gasteiger partial charge in [0.1, 0.15) is 0 Å². The first-order chi connectivity index (χ1) is 9.06. The summed E-state index contributed by atoms with van der Waals surface area (Å²) < 4.78 is 13.1. The van der Waals surface area contributed by atoms with Crippen LogP contribution in [0.1, 0.15) is 32.6 Å². The summed E-state index contributed by atoms with van der Waals surface area (Å²) >= 11 is 0. The molecule has 0 radical (unpaired) electrons. The van der Waals surface area contributed by atoms with Crippen LogP contribution in [0.2, 0.25) is 0 Å². The summed E-state index contributed by atoms with van der Waals surface area (Å²) in [7, 11) is 0. The van der Waals surface area contributed by atoms with Crippen LogP contribution in [0, 0.1) is 11.7 Å². The number of benzene rings is 1. The lowest BCUT2D eigenvalue weighted by molar-refractivity contribution is -0.116. The van der Waals surface area contributed by atoms with Crippen molar-refractivity contribution >= 4 is 11.6 Å². The van der Waals surface area contributed by atoms with Gasteiger partial charge in [0, 0.05) is 18.2 Å². The third-order valence-electron chi connectivity index (χ3n) is 3.16. The Bertz CT molecular complexity index is 424. The maximum Gasteiger partial charge on any atom is 0.224 e. The van der Waals surface area contributed by atoms with E-state index in [9.17, 15) is 9.18 Å². The third kappa shape index (κ3) is 5.26. The summed E-state index contributed by atoms with van der Waals surface area (Å²) in [6.45, 7) is 2.71. The van der Waals surface area contributed by atoms with Crippen LogP contribution in [-0.2, 0) is 4.79 Å². The number of nitrogens with one attached hydrogen (secondary N) is 1. The molecule has 0 fully saturated rings. The highest BCUT2D eigenvalue weighted by Crippen LogP contribution is 2.20. The number of rotatable bonds is 7. The first-order valence-electron chi connectivity index (χ1n) is 6.55. The lowest BCUT2D eigenvalue weighted by atomic mass is 9.96. The first-order valence-corrected chi connectivity index (χ1v) is 6.55. The van der Waals surface area contributed by atoms with E-state index in [0.717, 1.165) is 25.3 Å². The molecule has 0 aliphatic heterocycles. The van der Waals surface area contributed by atoms with Crippen molar-refractivity contribution in [1.82, 2.24) is 0 Å². The molecule has 1 aromatic carbocycles. The Kier molecular flexibility index (Phi) is 6.29. The van der Waals surface area contributed by atoms with Crippen LogP contribution in [0.4, 0.5) is 10.1 Å². The zero-order chi connectivity index (χ0) is 14.3. The van der Waals surface area contributed by atoms with Crippen molar-refractivity contribution < 1.29 is 14.3 Å². The molecule has 0 aromatic heterocycles. The quantitative estimate of drug-likeness (QED) is 0.665. The van der Waals surface area contributed by atoms with Crippen molar-refractivity contribution in [2.45, 2.75) is 32.6 Å². The van der Waals surface area contributed by atoms with Gasteiger partial charge in [0.2, 0.25) is 5.91 Å². The van der Waals surface area contributed by atoms with Crippen molar-refractivity contribution in [2.24, 2.45) is 11.7 Å². The summed E-state index contributed by atoms with van der Waals surface area (Å²) in [4.78, 5) is 11.7. The highest BCUT2D eigenvalue weighted by Gasteiger charge is 2.10. The molecule has 1 rings (SSSR count). The van der Waals surface area contributed by atoms with Gasteiger partial charge >= 0.3 is 0 Å². The second kappa shape index (κ2) is 7.74. The van der Waals surface area contributed by atoms with Crippen LogP contribution < -0.4 is 11.1 Å². The summed E-state index contributed by atoms with van der Waals surface area (Å²) in [6, 6.07) is 3.78. The van der Waals surface area contributed by atoms with Gasteiger partial charge in [-0.2, -0.15) is 0 Å². The summed E-state index contributed by atoms with van der Waals surface area (Å²) in [5.74, 6) is -0.868. The zero-order valence-electron chi connectivity index (χ0n) is 11.2. The fourth-order valence-corrected chi connectivity index (χ4v) is 1.93. The number of halogens is 1. The van der Waals surface area contributed by atoms with Crippen LogP contribution in [0.15, 0.2) is 18.2 Å². The number of carbonyl (C=O) groups excluding carboxylic acids is 1. The Hall–Kier alpha value is -1.62. The van der Waals surface area contributed by atoms with E-state index in [0.29, 0.717) is 24.6 Å². The molecule has 0 saturated heterocycles. The van der Waals surface area contributed by atoms with Crippen molar-refractivity contribution in [3.05, 3.63) is 24.0 Å². The van der Waals surface area contributed by atoms with Crippen molar-refractivity contribution in [3.8, 4) is 5.75 Å². The van der Waals surface area contributed by atoms with Crippen LogP contribution in [0.3, 0.4) is 0 Å². The number of nitrogens with two attached hydrogens (primary N) is 1. The molecule has 106 valence electrons. The van der Waals surface area contributed by atoms with Gasteiger partial charge < -0.3 is 16.2 Å². The van der Waals surface area contributed by atoms with E-state index in [1.165, 1.54) is 12.1 Å². The molecule has 1 atom stereocenters. The Labute approximate surface area is 112 Å². The molecule has 1 amide bonds. The maximum absolute atomic E-state index is 13.1. The van der Waals surface area contributed by atoms with E-state index in [4.69, 9.17) is 10.8 Å². The van der Waals surface area contributed by atoms with Gasteiger partial charge in [0.05, 0.1) is 0 Å². The number of anilines is 1. The largest absolute Gasteiger partial charge is 0.505 e. The van der Waals surface area contributed by atoms with Gasteiger partial charge in [-0.25, -0.2) is 4.39 Å². The minimum atomic E-state index is -0.743. The molecule has 0 spiro atoms. The van der Waals surface area contributed by atoms with Crippen LogP contribution >= 0.6 is 0 Å². The molecular weight excluding hydrogens is 247 g/mol. The molecule has 0 bridgehead atoms. The van der Waals surface area contributed by atoms with E-state index >= 15 is 0 Å². The average molecular weight is 268 g/mol. The van der Waals surface area contributed by atoms with Gasteiger partial charge in [0.15, 0.2) is 11.6 Å². The normalized spacial score (nSPS) is 12.2. The Morgan fingerprint density at radius 3 is 2.79 bits per heavy atom. The number of amides is 1. The third-order valence-corrected chi connectivity index (χ3v) is 3.16. The van der Waals surface area contributed by atoms with Crippen molar-refractivity contribution in [3.63, 3.8) is 0 Å². The highest BCUT2D eigenvalue weighted by molar-refractivity contribution is 5.90. The van der Waals surface area contributed by atoms with E-state index < -0.39 is 11.6 Å². The fraction of sp³-hybridized carbons (Fsp3) is 0.500. The number of phenols is 1. The van der Waals surface area contributed by atoms with Gasteiger partial charge in [-0.15, -0.1) is 0 Å². The van der Waals surface area contributed by atoms with Gasteiger partial charge in [-0.05, 0) is 37.4 Å². The van der Waals surface area contributed by atoms with E-state index in [2.05, 4.69) is 12.2 Å². The number of hydrogen-bond acceptors (Lipinski definition) is 3. The monoisotopic (exact) mass is 268 g/mol. The molecule has 4 nitrogen and oxygen atoms in total. The topological polar surface area (TPSA) is 75.4 Å².